The lowest BCUT2D eigenvalue weighted by Gasteiger charge is -2.18. The van der Waals surface area contributed by atoms with Crippen molar-refractivity contribution in [3.63, 3.8) is 0 Å². The highest BCUT2D eigenvalue weighted by molar-refractivity contribution is 5.30. The third-order valence-corrected chi connectivity index (χ3v) is 4.76. The molecule has 1 N–H and O–H groups in total. The zero-order chi connectivity index (χ0) is 16.4. The Morgan fingerprint density at radius 1 is 1.12 bits per heavy atom. The third kappa shape index (κ3) is 3.12. The quantitative estimate of drug-likeness (QED) is 0.759. The summed E-state index contributed by atoms with van der Waals surface area (Å²) >= 11 is 0. The van der Waals surface area contributed by atoms with Crippen molar-refractivity contribution in [2.75, 3.05) is 7.05 Å². The van der Waals surface area contributed by atoms with Crippen LogP contribution >= 0.6 is 0 Å². The average Bonchev–Trinajstić information content (AvgIpc) is 3.29. The van der Waals surface area contributed by atoms with E-state index in [9.17, 15) is 0 Å². The van der Waals surface area contributed by atoms with Crippen LogP contribution in [0.1, 0.15) is 34.5 Å². The summed E-state index contributed by atoms with van der Waals surface area (Å²) in [4.78, 5) is 2.34. The maximum absolute atomic E-state index is 4.52. The minimum atomic E-state index is 0.814. The molecule has 0 spiro atoms. The van der Waals surface area contributed by atoms with Crippen LogP contribution in [-0.2, 0) is 32.5 Å². The lowest BCUT2D eigenvalue weighted by atomic mass is 10.1. The number of H-pyrrole nitrogens is 1. The number of nitrogens with zero attached hydrogens (tertiary/aromatic N) is 4. The van der Waals surface area contributed by atoms with Crippen molar-refractivity contribution in [1.82, 2.24) is 24.9 Å². The topological polar surface area (TPSA) is 49.7 Å². The zero-order valence-corrected chi connectivity index (χ0v) is 14.1. The van der Waals surface area contributed by atoms with Gasteiger partial charge in [0.05, 0.1) is 12.2 Å². The van der Waals surface area contributed by atoms with Gasteiger partial charge >= 0.3 is 0 Å². The van der Waals surface area contributed by atoms with Gasteiger partial charge in [0.1, 0.15) is 0 Å². The van der Waals surface area contributed by atoms with E-state index >= 15 is 0 Å². The van der Waals surface area contributed by atoms with Crippen LogP contribution in [0.2, 0.25) is 0 Å². The molecule has 4 rings (SSSR count). The van der Waals surface area contributed by atoms with E-state index in [2.05, 4.69) is 51.5 Å². The second-order valence-corrected chi connectivity index (χ2v) is 6.63. The van der Waals surface area contributed by atoms with E-state index in [4.69, 9.17) is 0 Å². The SMILES string of the molecule is CN(Cc1ccccc1Cn1cccn1)Cc1n[nH]c2c1CCC2. The molecule has 0 radical (unpaired) electrons. The summed E-state index contributed by atoms with van der Waals surface area (Å²) in [7, 11) is 2.17. The number of rotatable bonds is 6. The fraction of sp³-hybridized carbons (Fsp3) is 0.368. The number of aromatic nitrogens is 4. The molecular weight excluding hydrogens is 298 g/mol. The van der Waals surface area contributed by atoms with Crippen LogP contribution in [-0.4, -0.2) is 31.9 Å². The van der Waals surface area contributed by atoms with Crippen molar-refractivity contribution in [3.8, 4) is 0 Å². The fourth-order valence-electron chi connectivity index (χ4n) is 3.56. The van der Waals surface area contributed by atoms with Crippen molar-refractivity contribution in [1.29, 1.82) is 0 Å². The van der Waals surface area contributed by atoms with Crippen LogP contribution in [0.25, 0.3) is 0 Å². The van der Waals surface area contributed by atoms with Crippen LogP contribution in [0.3, 0.4) is 0 Å². The molecule has 1 aromatic carbocycles. The first-order valence-corrected chi connectivity index (χ1v) is 8.57. The lowest BCUT2D eigenvalue weighted by molar-refractivity contribution is 0.312. The second kappa shape index (κ2) is 6.61. The van der Waals surface area contributed by atoms with Gasteiger partial charge in [0.25, 0.3) is 0 Å². The zero-order valence-electron chi connectivity index (χ0n) is 14.1. The molecule has 5 nitrogen and oxygen atoms in total. The predicted molar refractivity (Wildman–Crippen MR) is 93.6 cm³/mol. The summed E-state index contributed by atoms with van der Waals surface area (Å²) in [5.41, 5.74) is 6.68. The van der Waals surface area contributed by atoms with Gasteiger partial charge in [-0.3, -0.25) is 14.7 Å². The minimum Gasteiger partial charge on any atom is -0.296 e. The van der Waals surface area contributed by atoms with Crippen LogP contribution in [0.15, 0.2) is 42.7 Å². The molecule has 2 heterocycles. The Bertz CT molecular complexity index is 803. The molecular formula is C19H23N5. The predicted octanol–water partition coefficient (Wildman–Crippen LogP) is 2.78. The summed E-state index contributed by atoms with van der Waals surface area (Å²) in [5, 5.41) is 12.1. The summed E-state index contributed by atoms with van der Waals surface area (Å²) in [6.07, 6.45) is 7.41. The highest BCUT2D eigenvalue weighted by atomic mass is 15.3. The Morgan fingerprint density at radius 2 is 2.00 bits per heavy atom. The molecule has 24 heavy (non-hydrogen) atoms. The number of hydrogen-bond acceptors (Lipinski definition) is 3. The van der Waals surface area contributed by atoms with Gasteiger partial charge in [-0.2, -0.15) is 10.2 Å². The minimum absolute atomic E-state index is 0.814. The second-order valence-electron chi connectivity index (χ2n) is 6.63. The Labute approximate surface area is 142 Å². The third-order valence-electron chi connectivity index (χ3n) is 4.76. The van der Waals surface area contributed by atoms with E-state index < -0.39 is 0 Å². The largest absolute Gasteiger partial charge is 0.296 e. The molecule has 3 aromatic rings. The van der Waals surface area contributed by atoms with E-state index in [1.807, 2.05) is 23.1 Å². The summed E-state index contributed by atoms with van der Waals surface area (Å²) < 4.78 is 1.97. The molecule has 0 amide bonds. The number of nitrogens with one attached hydrogen (secondary N) is 1. The standard InChI is InChI=1S/C19H23N5/c1-23(14-19-17-8-4-9-18(17)21-22-19)12-15-6-2-3-7-16(15)13-24-11-5-10-20-24/h2-3,5-7,10-11H,4,8-9,12-14H2,1H3,(H,21,22). The Hall–Kier alpha value is -2.40. The number of hydrogen-bond donors (Lipinski definition) is 1. The summed E-state index contributed by atoms with van der Waals surface area (Å²) in [5.74, 6) is 0. The van der Waals surface area contributed by atoms with Crippen LogP contribution in [0.5, 0.6) is 0 Å². The molecule has 0 bridgehead atoms. The van der Waals surface area contributed by atoms with E-state index in [-0.39, 0.29) is 0 Å². The highest BCUT2D eigenvalue weighted by Gasteiger charge is 2.19. The highest BCUT2D eigenvalue weighted by Crippen LogP contribution is 2.24. The first kappa shape index (κ1) is 15.1. The van der Waals surface area contributed by atoms with Crippen LogP contribution < -0.4 is 0 Å². The van der Waals surface area contributed by atoms with Gasteiger partial charge in [0, 0.05) is 31.2 Å². The lowest BCUT2D eigenvalue weighted by Crippen LogP contribution is -2.19. The maximum atomic E-state index is 4.52. The maximum Gasteiger partial charge on any atom is 0.0797 e. The van der Waals surface area contributed by atoms with Gasteiger partial charge < -0.3 is 0 Å². The van der Waals surface area contributed by atoms with E-state index in [0.717, 1.165) is 26.1 Å². The van der Waals surface area contributed by atoms with Crippen LogP contribution in [0.4, 0.5) is 0 Å². The molecule has 5 heteroatoms. The monoisotopic (exact) mass is 321 g/mol. The first-order chi connectivity index (χ1) is 11.8. The number of fused-ring (bicyclic) bond motifs is 1. The van der Waals surface area contributed by atoms with Gasteiger partial charge in [-0.1, -0.05) is 24.3 Å². The average molecular weight is 321 g/mol. The smallest absolute Gasteiger partial charge is 0.0797 e. The van der Waals surface area contributed by atoms with E-state index in [1.54, 1.807) is 0 Å². The van der Waals surface area contributed by atoms with Crippen molar-refractivity contribution in [3.05, 3.63) is 70.8 Å². The van der Waals surface area contributed by atoms with Gasteiger partial charge in [0.2, 0.25) is 0 Å². The Kier molecular flexibility index (Phi) is 4.17. The number of benzene rings is 1. The molecule has 1 aliphatic carbocycles. The van der Waals surface area contributed by atoms with Crippen molar-refractivity contribution in [2.24, 2.45) is 0 Å². The molecule has 1 aliphatic rings. The van der Waals surface area contributed by atoms with Gasteiger partial charge in [-0.15, -0.1) is 0 Å². The molecule has 0 fully saturated rings. The molecule has 2 aromatic heterocycles. The number of aromatic amines is 1. The normalized spacial score (nSPS) is 13.6. The van der Waals surface area contributed by atoms with E-state index in [1.165, 1.54) is 40.9 Å². The molecule has 124 valence electrons. The molecule has 0 saturated carbocycles. The van der Waals surface area contributed by atoms with Crippen molar-refractivity contribution >= 4 is 0 Å². The first-order valence-electron chi connectivity index (χ1n) is 8.57. The molecule has 0 saturated heterocycles. The Morgan fingerprint density at radius 3 is 2.83 bits per heavy atom. The summed E-state index contributed by atoms with van der Waals surface area (Å²) in [6.45, 7) is 2.62. The summed E-state index contributed by atoms with van der Waals surface area (Å²) in [6, 6.07) is 10.6. The van der Waals surface area contributed by atoms with Crippen molar-refractivity contribution < 1.29 is 0 Å². The number of aryl methyl sites for hydroxylation is 1. The van der Waals surface area contributed by atoms with Gasteiger partial charge in [0.15, 0.2) is 0 Å². The van der Waals surface area contributed by atoms with Crippen LogP contribution in [0, 0.1) is 0 Å². The molecule has 0 aliphatic heterocycles. The molecule has 0 atom stereocenters. The molecule has 0 unspecified atom stereocenters. The van der Waals surface area contributed by atoms with Gasteiger partial charge in [-0.05, 0) is 49.1 Å². The van der Waals surface area contributed by atoms with Crippen molar-refractivity contribution in [2.45, 2.75) is 38.9 Å². The van der Waals surface area contributed by atoms with Gasteiger partial charge in [-0.25, -0.2) is 0 Å². The fourth-order valence-corrected chi connectivity index (χ4v) is 3.56. The van der Waals surface area contributed by atoms with E-state index in [0.29, 0.717) is 0 Å². The Balaban J connectivity index is 1.46.